The van der Waals surface area contributed by atoms with E-state index in [-0.39, 0.29) is 5.54 Å². The second-order valence-corrected chi connectivity index (χ2v) is 6.95. The van der Waals surface area contributed by atoms with E-state index in [0.29, 0.717) is 0 Å². The molecule has 0 amide bonds. The Kier molecular flexibility index (Phi) is 4.50. The van der Waals surface area contributed by atoms with E-state index >= 15 is 0 Å². The first kappa shape index (κ1) is 15.1. The zero-order valence-electron chi connectivity index (χ0n) is 12.8. The quantitative estimate of drug-likeness (QED) is 0.939. The van der Waals surface area contributed by atoms with E-state index in [0.717, 1.165) is 16.7 Å². The van der Waals surface area contributed by atoms with Gasteiger partial charge in [-0.15, -0.1) is 0 Å². The number of hydrogen-bond acceptors (Lipinski definition) is 4. The SMILES string of the molecule is Cc1cc(CNC(C)(C)C)cnc1Sc1nccn1C. The maximum Gasteiger partial charge on any atom is 0.174 e. The Labute approximate surface area is 125 Å². The lowest BCUT2D eigenvalue weighted by molar-refractivity contribution is 0.424. The van der Waals surface area contributed by atoms with Gasteiger partial charge in [0.2, 0.25) is 0 Å². The molecule has 0 saturated heterocycles. The van der Waals surface area contributed by atoms with Crippen molar-refractivity contribution in [2.45, 2.75) is 50.0 Å². The van der Waals surface area contributed by atoms with Gasteiger partial charge in [-0.25, -0.2) is 9.97 Å². The zero-order chi connectivity index (χ0) is 14.8. The highest BCUT2D eigenvalue weighted by molar-refractivity contribution is 7.99. The number of aromatic nitrogens is 3. The topological polar surface area (TPSA) is 42.7 Å². The smallest absolute Gasteiger partial charge is 0.174 e. The summed E-state index contributed by atoms with van der Waals surface area (Å²) in [6.45, 7) is 9.43. The predicted molar refractivity (Wildman–Crippen MR) is 82.9 cm³/mol. The summed E-state index contributed by atoms with van der Waals surface area (Å²) in [6.07, 6.45) is 5.69. The first-order valence-electron chi connectivity index (χ1n) is 6.71. The minimum Gasteiger partial charge on any atom is -0.329 e. The van der Waals surface area contributed by atoms with Crippen LogP contribution in [-0.4, -0.2) is 20.1 Å². The first-order valence-corrected chi connectivity index (χ1v) is 7.52. The third kappa shape index (κ3) is 4.08. The molecule has 0 aromatic carbocycles. The highest BCUT2D eigenvalue weighted by atomic mass is 32.2. The summed E-state index contributed by atoms with van der Waals surface area (Å²) in [4.78, 5) is 8.88. The van der Waals surface area contributed by atoms with Gasteiger partial charge in [0.05, 0.1) is 0 Å². The minimum absolute atomic E-state index is 0.119. The molecule has 4 nitrogen and oxygen atoms in total. The van der Waals surface area contributed by atoms with Gasteiger partial charge in [-0.1, -0.05) is 6.07 Å². The van der Waals surface area contributed by atoms with E-state index in [1.54, 1.807) is 18.0 Å². The Morgan fingerprint density at radius 1 is 1.30 bits per heavy atom. The Balaban J connectivity index is 2.08. The maximum absolute atomic E-state index is 4.56. The molecule has 0 aliphatic heterocycles. The lowest BCUT2D eigenvalue weighted by Gasteiger charge is -2.20. The number of nitrogens with zero attached hydrogens (tertiary/aromatic N) is 3. The molecular weight excluding hydrogens is 268 g/mol. The fourth-order valence-corrected chi connectivity index (χ4v) is 2.54. The molecular formula is C15H22N4S. The molecule has 0 saturated carbocycles. The van der Waals surface area contributed by atoms with Gasteiger partial charge in [-0.05, 0) is 50.6 Å². The molecule has 2 aromatic heterocycles. The van der Waals surface area contributed by atoms with E-state index < -0.39 is 0 Å². The Bertz CT molecular complexity index is 584. The van der Waals surface area contributed by atoms with Gasteiger partial charge < -0.3 is 9.88 Å². The molecule has 2 rings (SSSR count). The number of imidazole rings is 1. The van der Waals surface area contributed by atoms with E-state index in [1.165, 1.54) is 11.1 Å². The Morgan fingerprint density at radius 3 is 2.60 bits per heavy atom. The molecule has 0 fully saturated rings. The second-order valence-electron chi connectivity index (χ2n) is 5.99. The van der Waals surface area contributed by atoms with Crippen molar-refractivity contribution in [3.8, 4) is 0 Å². The van der Waals surface area contributed by atoms with Crippen LogP contribution in [0.4, 0.5) is 0 Å². The average Bonchev–Trinajstić information content (AvgIpc) is 2.75. The number of rotatable bonds is 4. The minimum atomic E-state index is 0.119. The number of aryl methyl sites for hydroxylation is 2. The largest absolute Gasteiger partial charge is 0.329 e. The molecule has 108 valence electrons. The molecule has 20 heavy (non-hydrogen) atoms. The molecule has 0 spiro atoms. The summed E-state index contributed by atoms with van der Waals surface area (Å²) >= 11 is 1.60. The van der Waals surface area contributed by atoms with E-state index in [9.17, 15) is 0 Å². The monoisotopic (exact) mass is 290 g/mol. The van der Waals surface area contributed by atoms with Crippen molar-refractivity contribution in [3.05, 3.63) is 35.8 Å². The third-order valence-electron chi connectivity index (χ3n) is 2.87. The zero-order valence-corrected chi connectivity index (χ0v) is 13.6. The Hall–Kier alpha value is -1.33. The van der Waals surface area contributed by atoms with Crippen LogP contribution in [-0.2, 0) is 13.6 Å². The van der Waals surface area contributed by atoms with Gasteiger partial charge in [-0.2, -0.15) is 0 Å². The molecule has 0 atom stereocenters. The van der Waals surface area contributed by atoms with Crippen molar-refractivity contribution in [2.75, 3.05) is 0 Å². The van der Waals surface area contributed by atoms with Crippen LogP contribution in [0.2, 0.25) is 0 Å². The van der Waals surface area contributed by atoms with Crippen LogP contribution in [0.3, 0.4) is 0 Å². The molecule has 0 bridgehead atoms. The predicted octanol–water partition coefficient (Wildman–Crippen LogP) is 3.16. The Morgan fingerprint density at radius 2 is 2.05 bits per heavy atom. The summed E-state index contributed by atoms with van der Waals surface area (Å²) in [6, 6.07) is 2.19. The van der Waals surface area contributed by atoms with Gasteiger partial charge in [0, 0.05) is 37.7 Å². The first-order chi connectivity index (χ1) is 9.35. The van der Waals surface area contributed by atoms with E-state index in [1.807, 2.05) is 24.0 Å². The molecule has 0 radical (unpaired) electrons. The highest BCUT2D eigenvalue weighted by Crippen LogP contribution is 2.27. The molecule has 2 aromatic rings. The third-order valence-corrected chi connectivity index (χ3v) is 4.07. The van der Waals surface area contributed by atoms with Crippen molar-refractivity contribution in [3.63, 3.8) is 0 Å². The molecule has 0 aliphatic carbocycles. The summed E-state index contributed by atoms with van der Waals surface area (Å²) in [7, 11) is 1.99. The van der Waals surface area contributed by atoms with Crippen molar-refractivity contribution >= 4 is 11.8 Å². The van der Waals surface area contributed by atoms with Gasteiger partial charge in [0.25, 0.3) is 0 Å². The summed E-state index contributed by atoms with van der Waals surface area (Å²) < 4.78 is 2.00. The molecule has 1 N–H and O–H groups in total. The maximum atomic E-state index is 4.56. The molecule has 0 unspecified atom stereocenters. The van der Waals surface area contributed by atoms with E-state index in [2.05, 4.69) is 49.0 Å². The van der Waals surface area contributed by atoms with Crippen LogP contribution >= 0.6 is 11.8 Å². The fraction of sp³-hybridized carbons (Fsp3) is 0.467. The standard InChI is InChI=1S/C15H22N4S/c1-11-8-12(10-18-15(2,3)4)9-17-13(11)20-14-16-6-7-19(14)5/h6-9,18H,10H2,1-5H3. The van der Waals surface area contributed by atoms with Gasteiger partial charge in [0.1, 0.15) is 5.03 Å². The van der Waals surface area contributed by atoms with Crippen LogP contribution in [0, 0.1) is 6.92 Å². The van der Waals surface area contributed by atoms with Crippen molar-refractivity contribution < 1.29 is 0 Å². The van der Waals surface area contributed by atoms with Gasteiger partial charge in [0.15, 0.2) is 5.16 Å². The molecule has 5 heteroatoms. The van der Waals surface area contributed by atoms with Crippen LogP contribution in [0.5, 0.6) is 0 Å². The van der Waals surface area contributed by atoms with Crippen LogP contribution in [0.25, 0.3) is 0 Å². The number of nitrogens with one attached hydrogen (secondary N) is 1. The number of hydrogen-bond donors (Lipinski definition) is 1. The van der Waals surface area contributed by atoms with Crippen LogP contribution in [0.15, 0.2) is 34.8 Å². The second kappa shape index (κ2) is 5.97. The van der Waals surface area contributed by atoms with Crippen LogP contribution < -0.4 is 5.32 Å². The number of pyridine rings is 1. The summed E-state index contributed by atoms with van der Waals surface area (Å²) in [5.74, 6) is 0. The van der Waals surface area contributed by atoms with E-state index in [4.69, 9.17) is 0 Å². The molecule has 2 heterocycles. The summed E-state index contributed by atoms with van der Waals surface area (Å²) in [5, 5.41) is 5.45. The van der Waals surface area contributed by atoms with Gasteiger partial charge >= 0.3 is 0 Å². The van der Waals surface area contributed by atoms with Crippen LogP contribution in [0.1, 0.15) is 31.9 Å². The lowest BCUT2D eigenvalue weighted by Crippen LogP contribution is -2.35. The highest BCUT2D eigenvalue weighted by Gasteiger charge is 2.10. The summed E-state index contributed by atoms with van der Waals surface area (Å²) in [5.41, 5.74) is 2.52. The fourth-order valence-electron chi connectivity index (χ4n) is 1.73. The lowest BCUT2D eigenvalue weighted by atomic mass is 10.1. The molecule has 0 aliphatic rings. The average molecular weight is 290 g/mol. The van der Waals surface area contributed by atoms with Crippen molar-refractivity contribution in [1.82, 2.24) is 19.9 Å². The van der Waals surface area contributed by atoms with Gasteiger partial charge in [-0.3, -0.25) is 0 Å². The van der Waals surface area contributed by atoms with Crippen molar-refractivity contribution in [2.24, 2.45) is 7.05 Å². The normalized spacial score (nSPS) is 11.8. The van der Waals surface area contributed by atoms with Crippen molar-refractivity contribution in [1.29, 1.82) is 0 Å².